The average molecular weight is 131 g/mol. The Morgan fingerprint density at radius 2 is 2.44 bits per heavy atom. The van der Waals surface area contributed by atoms with E-state index in [1.165, 1.54) is 13.3 Å². The predicted molar refractivity (Wildman–Crippen MR) is 32.4 cm³/mol. The van der Waals surface area contributed by atoms with Gasteiger partial charge in [0, 0.05) is 0 Å². The second kappa shape index (κ2) is 4.32. The van der Waals surface area contributed by atoms with Crippen LogP contribution >= 0.6 is 0 Å². The molecule has 0 spiro atoms. The lowest BCUT2D eigenvalue weighted by atomic mass is 10.3. The first-order chi connectivity index (χ1) is 4.16. The standard InChI is InChI=1S/C6H11O3/c1-3-4-6(8)9-5(2)7/h4-5,7H,3H2,1-2H3. The largest absolute Gasteiger partial charge is 0.436 e. The predicted octanol–water partition coefficient (Wildman–Crippen LogP) is 0.482. The van der Waals surface area contributed by atoms with Gasteiger partial charge in [-0.2, -0.15) is 0 Å². The highest BCUT2D eigenvalue weighted by atomic mass is 16.6. The van der Waals surface area contributed by atoms with Gasteiger partial charge in [-0.15, -0.1) is 0 Å². The Bertz CT molecular complexity index is 88.3. The number of aliphatic hydroxyl groups excluding tert-OH is 1. The lowest BCUT2D eigenvalue weighted by Crippen LogP contribution is -2.13. The summed E-state index contributed by atoms with van der Waals surface area (Å²) in [6.45, 7) is 3.21. The van der Waals surface area contributed by atoms with Crippen LogP contribution in [0.25, 0.3) is 0 Å². The molecule has 0 aliphatic carbocycles. The van der Waals surface area contributed by atoms with Crippen LogP contribution in [0, 0.1) is 6.42 Å². The van der Waals surface area contributed by atoms with Crippen LogP contribution in [0.4, 0.5) is 0 Å². The Hall–Kier alpha value is -0.570. The highest BCUT2D eigenvalue weighted by Crippen LogP contribution is 1.91. The van der Waals surface area contributed by atoms with E-state index in [1.54, 1.807) is 0 Å². The third-order valence-corrected chi connectivity index (χ3v) is 0.658. The summed E-state index contributed by atoms with van der Waals surface area (Å²) in [5.41, 5.74) is 0. The number of aliphatic hydroxyl groups is 1. The summed E-state index contributed by atoms with van der Waals surface area (Å²) >= 11 is 0. The minimum absolute atomic E-state index is 0.465. The molecule has 3 nitrogen and oxygen atoms in total. The maximum absolute atomic E-state index is 10.4. The number of carbonyl (C=O) groups is 1. The SMILES string of the molecule is CC[CH]C(=O)OC(C)O. The summed E-state index contributed by atoms with van der Waals surface area (Å²) in [4.78, 5) is 10.4. The highest BCUT2D eigenvalue weighted by molar-refractivity contribution is 5.78. The fourth-order valence-corrected chi connectivity index (χ4v) is 0.383. The Kier molecular flexibility index (Phi) is 4.05. The monoisotopic (exact) mass is 131 g/mol. The molecule has 0 aromatic rings. The first kappa shape index (κ1) is 8.43. The van der Waals surface area contributed by atoms with Crippen molar-refractivity contribution in [3.63, 3.8) is 0 Å². The van der Waals surface area contributed by atoms with E-state index < -0.39 is 12.3 Å². The number of carbonyl (C=O) groups excluding carboxylic acids is 1. The maximum Gasteiger partial charge on any atom is 0.312 e. The van der Waals surface area contributed by atoms with E-state index >= 15 is 0 Å². The summed E-state index contributed by atoms with van der Waals surface area (Å²) in [6.07, 6.45) is 0.999. The molecule has 0 aromatic carbocycles. The minimum atomic E-state index is -1.000. The Balaban J connectivity index is 3.27. The molecule has 0 aliphatic heterocycles. The van der Waals surface area contributed by atoms with E-state index in [0.29, 0.717) is 6.42 Å². The van der Waals surface area contributed by atoms with Crippen LogP contribution in [0.5, 0.6) is 0 Å². The molecule has 1 radical (unpaired) electrons. The zero-order chi connectivity index (χ0) is 7.28. The van der Waals surface area contributed by atoms with Crippen molar-refractivity contribution >= 4 is 5.97 Å². The molecule has 0 aliphatic rings. The fraction of sp³-hybridized carbons (Fsp3) is 0.667. The van der Waals surface area contributed by atoms with E-state index in [-0.39, 0.29) is 0 Å². The third kappa shape index (κ3) is 5.30. The molecule has 0 amide bonds. The molecule has 0 saturated carbocycles. The van der Waals surface area contributed by atoms with Gasteiger partial charge in [0.25, 0.3) is 0 Å². The summed E-state index contributed by atoms with van der Waals surface area (Å²) in [7, 11) is 0. The first-order valence-electron chi connectivity index (χ1n) is 2.88. The molecule has 1 atom stereocenters. The molecule has 0 heterocycles. The van der Waals surface area contributed by atoms with Gasteiger partial charge in [-0.1, -0.05) is 6.92 Å². The van der Waals surface area contributed by atoms with Crippen molar-refractivity contribution in [1.82, 2.24) is 0 Å². The van der Waals surface area contributed by atoms with E-state index in [2.05, 4.69) is 4.74 Å². The second-order valence-electron chi connectivity index (χ2n) is 1.65. The van der Waals surface area contributed by atoms with Crippen LogP contribution in [0.2, 0.25) is 0 Å². The molecule has 0 bridgehead atoms. The molecular weight excluding hydrogens is 120 g/mol. The smallest absolute Gasteiger partial charge is 0.312 e. The molecule has 1 unspecified atom stereocenters. The van der Waals surface area contributed by atoms with Gasteiger partial charge in [-0.25, -0.2) is 0 Å². The van der Waals surface area contributed by atoms with Crippen LogP contribution in [0.3, 0.4) is 0 Å². The van der Waals surface area contributed by atoms with Gasteiger partial charge in [0.1, 0.15) is 0 Å². The summed E-state index contributed by atoms with van der Waals surface area (Å²) < 4.78 is 4.35. The number of hydrogen-bond donors (Lipinski definition) is 1. The van der Waals surface area contributed by atoms with Crippen molar-refractivity contribution in [3.8, 4) is 0 Å². The van der Waals surface area contributed by atoms with Crippen molar-refractivity contribution in [2.24, 2.45) is 0 Å². The molecule has 1 N–H and O–H groups in total. The lowest BCUT2D eigenvalue weighted by Gasteiger charge is -2.04. The number of esters is 1. The zero-order valence-electron chi connectivity index (χ0n) is 5.63. The van der Waals surface area contributed by atoms with E-state index in [4.69, 9.17) is 5.11 Å². The number of ether oxygens (including phenoxy) is 1. The summed E-state index contributed by atoms with van der Waals surface area (Å²) in [5.74, 6) is -0.465. The molecule has 0 saturated heterocycles. The van der Waals surface area contributed by atoms with Gasteiger partial charge in [-0.3, -0.25) is 4.79 Å². The van der Waals surface area contributed by atoms with Crippen molar-refractivity contribution in [3.05, 3.63) is 6.42 Å². The van der Waals surface area contributed by atoms with Crippen molar-refractivity contribution in [2.75, 3.05) is 0 Å². The third-order valence-electron chi connectivity index (χ3n) is 0.658. The van der Waals surface area contributed by atoms with E-state index in [9.17, 15) is 4.79 Å². The van der Waals surface area contributed by atoms with Crippen molar-refractivity contribution < 1.29 is 14.6 Å². The Morgan fingerprint density at radius 3 is 2.78 bits per heavy atom. The zero-order valence-corrected chi connectivity index (χ0v) is 5.63. The summed E-state index contributed by atoms with van der Waals surface area (Å²) in [5, 5.41) is 8.49. The molecule has 3 heteroatoms. The van der Waals surface area contributed by atoms with Crippen LogP contribution in [-0.4, -0.2) is 17.4 Å². The van der Waals surface area contributed by atoms with Crippen LogP contribution in [0.1, 0.15) is 20.3 Å². The fourth-order valence-electron chi connectivity index (χ4n) is 0.383. The lowest BCUT2D eigenvalue weighted by molar-refractivity contribution is -0.160. The second-order valence-corrected chi connectivity index (χ2v) is 1.65. The van der Waals surface area contributed by atoms with Gasteiger partial charge in [0.05, 0.1) is 6.42 Å². The van der Waals surface area contributed by atoms with E-state index in [1.807, 2.05) is 6.92 Å². The van der Waals surface area contributed by atoms with Crippen molar-refractivity contribution in [1.29, 1.82) is 0 Å². The van der Waals surface area contributed by atoms with Gasteiger partial charge in [-0.05, 0) is 13.3 Å². The molecular formula is C6H11O3. The quantitative estimate of drug-likeness (QED) is 0.447. The normalized spacial score (nSPS) is 12.8. The van der Waals surface area contributed by atoms with Crippen LogP contribution in [-0.2, 0) is 9.53 Å². The maximum atomic E-state index is 10.4. The number of rotatable bonds is 3. The van der Waals surface area contributed by atoms with Gasteiger partial charge in [0.2, 0.25) is 0 Å². The molecule has 53 valence electrons. The summed E-state index contributed by atoms with van der Waals surface area (Å²) in [6, 6.07) is 0. The van der Waals surface area contributed by atoms with E-state index in [0.717, 1.165) is 0 Å². The highest BCUT2D eigenvalue weighted by Gasteiger charge is 2.03. The molecule has 0 fully saturated rings. The molecule has 0 aromatic heterocycles. The first-order valence-corrected chi connectivity index (χ1v) is 2.88. The Labute approximate surface area is 54.6 Å². The molecule has 0 rings (SSSR count). The van der Waals surface area contributed by atoms with Gasteiger partial charge >= 0.3 is 5.97 Å². The number of hydrogen-bond acceptors (Lipinski definition) is 3. The molecule has 9 heavy (non-hydrogen) atoms. The minimum Gasteiger partial charge on any atom is -0.436 e. The van der Waals surface area contributed by atoms with Gasteiger partial charge in [0.15, 0.2) is 6.29 Å². The van der Waals surface area contributed by atoms with Crippen molar-refractivity contribution in [2.45, 2.75) is 26.6 Å². The van der Waals surface area contributed by atoms with Crippen LogP contribution in [0.15, 0.2) is 0 Å². The Morgan fingerprint density at radius 1 is 1.89 bits per heavy atom. The topological polar surface area (TPSA) is 46.5 Å². The average Bonchev–Trinajstić information content (AvgIpc) is 1.63. The van der Waals surface area contributed by atoms with Gasteiger partial charge < -0.3 is 9.84 Å². The van der Waals surface area contributed by atoms with Crippen LogP contribution < -0.4 is 0 Å².